The fourth-order valence-corrected chi connectivity index (χ4v) is 3.84. The highest BCUT2D eigenvalue weighted by molar-refractivity contribution is 7.91. The number of aromatic nitrogens is 1. The van der Waals surface area contributed by atoms with E-state index in [4.69, 9.17) is 20.8 Å². The fraction of sp³-hybridized carbons (Fsp3) is 0.167. The topological polar surface area (TPSA) is 81.4 Å². The molecule has 0 atom stereocenters. The van der Waals surface area contributed by atoms with E-state index in [-0.39, 0.29) is 21.7 Å². The van der Waals surface area contributed by atoms with Crippen LogP contribution >= 0.6 is 11.6 Å². The van der Waals surface area contributed by atoms with Crippen LogP contribution in [0.15, 0.2) is 62.9 Å². The number of hydrogen-bond acceptors (Lipinski definition) is 6. The van der Waals surface area contributed by atoms with Crippen molar-refractivity contribution in [2.75, 3.05) is 25.6 Å². The smallest absolute Gasteiger partial charge is 0.233 e. The predicted octanol–water partition coefficient (Wildman–Crippen LogP) is 4.03. The van der Waals surface area contributed by atoms with Gasteiger partial charge in [0.25, 0.3) is 0 Å². The van der Waals surface area contributed by atoms with Gasteiger partial charge in [-0.15, -0.1) is 0 Å². The summed E-state index contributed by atoms with van der Waals surface area (Å²) in [4.78, 5) is 4.06. The van der Waals surface area contributed by atoms with Gasteiger partial charge >= 0.3 is 0 Å². The zero-order valence-electron chi connectivity index (χ0n) is 14.3. The molecule has 0 radical (unpaired) electrons. The average molecular weight is 411 g/mol. The lowest BCUT2D eigenvalue weighted by atomic mass is 10.2. The Morgan fingerprint density at radius 3 is 2.56 bits per heavy atom. The summed E-state index contributed by atoms with van der Waals surface area (Å²) in [6.07, 6.45) is 0. The van der Waals surface area contributed by atoms with Crippen molar-refractivity contribution in [3.63, 3.8) is 0 Å². The van der Waals surface area contributed by atoms with Crippen LogP contribution in [0, 0.1) is 5.82 Å². The van der Waals surface area contributed by atoms with Crippen LogP contribution in [0.25, 0.3) is 11.5 Å². The molecule has 0 spiro atoms. The third-order valence-corrected chi connectivity index (χ3v) is 5.68. The Kier molecular flexibility index (Phi) is 5.79. The molecule has 0 saturated carbocycles. The first-order valence-corrected chi connectivity index (χ1v) is 9.79. The molecule has 27 heavy (non-hydrogen) atoms. The monoisotopic (exact) mass is 410 g/mol. The molecule has 0 bridgehead atoms. The molecule has 142 valence electrons. The first-order chi connectivity index (χ1) is 12.9. The van der Waals surface area contributed by atoms with Gasteiger partial charge in [-0.05, 0) is 36.4 Å². The highest BCUT2D eigenvalue weighted by Crippen LogP contribution is 2.34. The second kappa shape index (κ2) is 8.08. The summed E-state index contributed by atoms with van der Waals surface area (Å²) in [5, 5.41) is 2.92. The number of rotatable bonds is 7. The number of nitrogens with one attached hydrogen (secondary N) is 1. The quantitative estimate of drug-likeness (QED) is 0.468. The summed E-state index contributed by atoms with van der Waals surface area (Å²) in [5.74, 6) is -0.517. The highest BCUT2D eigenvalue weighted by Gasteiger charge is 2.29. The lowest BCUT2D eigenvalue weighted by molar-refractivity contribution is 0.210. The normalized spacial score (nSPS) is 11.5. The van der Waals surface area contributed by atoms with Gasteiger partial charge in [-0.3, -0.25) is 0 Å². The van der Waals surface area contributed by atoms with Crippen molar-refractivity contribution >= 4 is 27.3 Å². The summed E-state index contributed by atoms with van der Waals surface area (Å²) in [6, 6.07) is 11.3. The van der Waals surface area contributed by atoms with Gasteiger partial charge in [0, 0.05) is 13.7 Å². The van der Waals surface area contributed by atoms with Crippen molar-refractivity contribution in [3.8, 4) is 11.5 Å². The summed E-state index contributed by atoms with van der Waals surface area (Å²) in [7, 11) is -2.52. The number of sulfone groups is 1. The standard InChI is InChI=1S/C18H16ClFN2O4S/c1-25-11-10-21-17-18(27(23,24)13-8-6-12(20)7-9-13)22-16(26-17)14-4-2-3-5-15(14)19/h2-9,21H,10-11H2,1H3. The Bertz CT molecular complexity index is 1040. The van der Waals surface area contributed by atoms with Gasteiger partial charge in [0.05, 0.1) is 22.1 Å². The Labute approximate surface area is 160 Å². The molecule has 1 N–H and O–H groups in total. The molecule has 6 nitrogen and oxygen atoms in total. The van der Waals surface area contributed by atoms with Crippen LogP contribution < -0.4 is 5.32 Å². The van der Waals surface area contributed by atoms with Crippen LogP contribution in [0.5, 0.6) is 0 Å². The van der Waals surface area contributed by atoms with Gasteiger partial charge in [0.2, 0.25) is 26.6 Å². The molecule has 1 aromatic heterocycles. The molecule has 2 aromatic carbocycles. The van der Waals surface area contributed by atoms with E-state index in [0.717, 1.165) is 12.1 Å². The van der Waals surface area contributed by atoms with Gasteiger partial charge in [0.15, 0.2) is 0 Å². The number of benzene rings is 2. The molecule has 0 unspecified atom stereocenters. The summed E-state index contributed by atoms with van der Waals surface area (Å²) in [5.41, 5.74) is 0.453. The molecule has 0 aliphatic heterocycles. The first-order valence-electron chi connectivity index (χ1n) is 7.92. The number of oxazole rings is 1. The van der Waals surface area contributed by atoms with E-state index in [1.54, 1.807) is 24.3 Å². The highest BCUT2D eigenvalue weighted by atomic mass is 35.5. The van der Waals surface area contributed by atoms with Crippen LogP contribution in [0.1, 0.15) is 0 Å². The van der Waals surface area contributed by atoms with Gasteiger partial charge in [-0.25, -0.2) is 12.8 Å². The van der Waals surface area contributed by atoms with E-state index < -0.39 is 15.7 Å². The van der Waals surface area contributed by atoms with E-state index in [1.165, 1.54) is 19.2 Å². The molecule has 3 rings (SSSR count). The van der Waals surface area contributed by atoms with E-state index >= 15 is 0 Å². The zero-order chi connectivity index (χ0) is 19.4. The van der Waals surface area contributed by atoms with E-state index in [2.05, 4.69) is 10.3 Å². The maximum atomic E-state index is 13.2. The van der Waals surface area contributed by atoms with Gasteiger partial charge in [-0.1, -0.05) is 23.7 Å². The van der Waals surface area contributed by atoms with Crippen LogP contribution in [0.2, 0.25) is 5.02 Å². The molecule has 0 aliphatic rings. The minimum atomic E-state index is -4.04. The lowest BCUT2D eigenvalue weighted by Crippen LogP contribution is -2.11. The average Bonchev–Trinajstić information content (AvgIpc) is 3.07. The Morgan fingerprint density at radius 2 is 1.89 bits per heavy atom. The van der Waals surface area contributed by atoms with Crippen molar-refractivity contribution in [2.45, 2.75) is 9.92 Å². The molecule has 0 fully saturated rings. The van der Waals surface area contributed by atoms with Gasteiger partial charge in [-0.2, -0.15) is 4.98 Å². The number of ether oxygens (including phenoxy) is 1. The maximum absolute atomic E-state index is 13.2. The van der Waals surface area contributed by atoms with Crippen molar-refractivity contribution in [1.29, 1.82) is 0 Å². The summed E-state index contributed by atoms with van der Waals surface area (Å²) in [6.45, 7) is 0.637. The number of anilines is 1. The predicted molar refractivity (Wildman–Crippen MR) is 99.2 cm³/mol. The molecule has 0 saturated heterocycles. The van der Waals surface area contributed by atoms with E-state index in [1.807, 2.05) is 0 Å². The van der Waals surface area contributed by atoms with Crippen LogP contribution in [-0.4, -0.2) is 33.7 Å². The third kappa shape index (κ3) is 4.13. The molecule has 9 heteroatoms. The number of halogens is 2. The summed E-state index contributed by atoms with van der Waals surface area (Å²) >= 11 is 6.16. The van der Waals surface area contributed by atoms with Crippen LogP contribution in [0.3, 0.4) is 0 Å². The Hall–Kier alpha value is -2.42. The fourth-order valence-electron chi connectivity index (χ4n) is 2.34. The number of nitrogens with zero attached hydrogens (tertiary/aromatic N) is 1. The second-order valence-electron chi connectivity index (χ2n) is 5.51. The molecule has 3 aromatic rings. The van der Waals surface area contributed by atoms with Crippen LogP contribution in [0.4, 0.5) is 10.3 Å². The largest absolute Gasteiger partial charge is 0.419 e. The molecule has 0 aliphatic carbocycles. The van der Waals surface area contributed by atoms with Crippen LogP contribution in [-0.2, 0) is 14.6 Å². The zero-order valence-corrected chi connectivity index (χ0v) is 15.8. The molecule has 0 amide bonds. The number of methoxy groups -OCH3 is 1. The Balaban J connectivity index is 2.09. The van der Waals surface area contributed by atoms with Crippen molar-refractivity contribution in [3.05, 3.63) is 59.4 Å². The maximum Gasteiger partial charge on any atom is 0.233 e. The van der Waals surface area contributed by atoms with Gasteiger partial charge in [0.1, 0.15) is 5.82 Å². The third-order valence-electron chi connectivity index (χ3n) is 3.67. The Morgan fingerprint density at radius 1 is 1.19 bits per heavy atom. The van der Waals surface area contributed by atoms with E-state index in [0.29, 0.717) is 23.7 Å². The van der Waals surface area contributed by atoms with Crippen molar-refractivity contribution < 1.29 is 22.0 Å². The number of hydrogen-bond donors (Lipinski definition) is 1. The van der Waals surface area contributed by atoms with Crippen molar-refractivity contribution in [2.24, 2.45) is 0 Å². The SMILES string of the molecule is COCCNc1oc(-c2ccccc2Cl)nc1S(=O)(=O)c1ccc(F)cc1. The van der Waals surface area contributed by atoms with E-state index in [9.17, 15) is 12.8 Å². The molecular formula is C18H16ClFN2O4S. The van der Waals surface area contributed by atoms with Crippen molar-refractivity contribution in [1.82, 2.24) is 4.98 Å². The minimum absolute atomic E-state index is 0.0358. The lowest BCUT2D eigenvalue weighted by Gasteiger charge is -2.05. The van der Waals surface area contributed by atoms with Gasteiger partial charge < -0.3 is 14.5 Å². The minimum Gasteiger partial charge on any atom is -0.419 e. The summed E-state index contributed by atoms with van der Waals surface area (Å²) < 4.78 is 49.7. The first kappa shape index (κ1) is 19.3. The molecular weight excluding hydrogens is 395 g/mol. The second-order valence-corrected chi connectivity index (χ2v) is 7.78. The molecule has 1 heterocycles.